The lowest BCUT2D eigenvalue weighted by Gasteiger charge is -2.09. The van der Waals surface area contributed by atoms with Crippen molar-refractivity contribution in [3.05, 3.63) is 97.4 Å². The molecular weight excluding hydrogens is 532 g/mol. The summed E-state index contributed by atoms with van der Waals surface area (Å²) >= 11 is 15.3. The van der Waals surface area contributed by atoms with E-state index >= 15 is 0 Å². The van der Waals surface area contributed by atoms with E-state index in [2.05, 4.69) is 26.5 Å². The smallest absolute Gasteiger partial charge is 0.416 e. The Morgan fingerprint density at radius 1 is 1.06 bits per heavy atom. The Morgan fingerprint density at radius 2 is 1.84 bits per heavy atom. The van der Waals surface area contributed by atoms with Crippen LogP contribution < -0.4 is 10.2 Å². The van der Waals surface area contributed by atoms with Gasteiger partial charge in [0.1, 0.15) is 12.4 Å². The van der Waals surface area contributed by atoms with Crippen molar-refractivity contribution < 1.29 is 22.7 Å². The largest absolute Gasteiger partial charge is 0.488 e. The highest BCUT2D eigenvalue weighted by atomic mass is 79.9. The summed E-state index contributed by atoms with van der Waals surface area (Å²) in [5, 5.41) is 4.69. The van der Waals surface area contributed by atoms with Gasteiger partial charge in [-0.3, -0.25) is 4.79 Å². The first-order chi connectivity index (χ1) is 15.1. The quantitative estimate of drug-likeness (QED) is 0.265. The zero-order valence-corrected chi connectivity index (χ0v) is 19.2. The van der Waals surface area contributed by atoms with Crippen LogP contribution in [-0.2, 0) is 12.8 Å². The van der Waals surface area contributed by atoms with E-state index in [1.807, 2.05) is 0 Å². The van der Waals surface area contributed by atoms with E-state index in [-0.39, 0.29) is 12.2 Å². The number of ether oxygens (including phenoxy) is 1. The van der Waals surface area contributed by atoms with E-state index < -0.39 is 17.6 Å². The zero-order chi connectivity index (χ0) is 23.3. The third kappa shape index (κ3) is 6.48. The molecule has 0 aromatic heterocycles. The normalized spacial score (nSPS) is 11.6. The lowest BCUT2D eigenvalue weighted by Crippen LogP contribution is -2.18. The van der Waals surface area contributed by atoms with E-state index in [1.54, 1.807) is 36.4 Å². The van der Waals surface area contributed by atoms with Gasteiger partial charge in [0.05, 0.1) is 26.3 Å². The highest BCUT2D eigenvalue weighted by molar-refractivity contribution is 9.10. The molecule has 1 amide bonds. The molecule has 4 nitrogen and oxygen atoms in total. The summed E-state index contributed by atoms with van der Waals surface area (Å²) in [4.78, 5) is 12.1. The number of halogens is 6. The second-order valence-electron chi connectivity index (χ2n) is 6.50. The molecule has 0 spiro atoms. The monoisotopic (exact) mass is 544 g/mol. The number of nitrogens with zero attached hydrogens (tertiary/aromatic N) is 1. The van der Waals surface area contributed by atoms with E-state index in [0.29, 0.717) is 25.8 Å². The maximum Gasteiger partial charge on any atom is 0.416 e. The van der Waals surface area contributed by atoms with Crippen LogP contribution in [0.4, 0.5) is 13.2 Å². The number of benzene rings is 3. The van der Waals surface area contributed by atoms with Crippen molar-refractivity contribution in [2.45, 2.75) is 12.8 Å². The molecule has 0 aliphatic heterocycles. The predicted octanol–water partition coefficient (Wildman–Crippen LogP) is 7.12. The fraction of sp³-hybridized carbons (Fsp3) is 0.0909. The number of carbonyl (C=O) groups excluding carboxylic acids is 1. The van der Waals surface area contributed by atoms with Crippen molar-refractivity contribution in [2.24, 2.45) is 5.10 Å². The molecule has 166 valence electrons. The van der Waals surface area contributed by atoms with Crippen molar-refractivity contribution >= 4 is 51.3 Å². The number of nitrogens with one attached hydrogen (secondary N) is 1. The predicted molar refractivity (Wildman–Crippen MR) is 121 cm³/mol. The SMILES string of the molecule is O=C(N/N=C\c1ccc(OCc2ccc(Cl)c(Cl)c2)c(Br)c1)c1cccc(C(F)(F)F)c1. The fourth-order valence-electron chi connectivity index (χ4n) is 2.57. The van der Waals surface area contributed by atoms with Crippen LogP contribution in [0.5, 0.6) is 5.75 Å². The van der Waals surface area contributed by atoms with E-state index in [0.717, 1.165) is 23.8 Å². The molecule has 0 bridgehead atoms. The molecule has 3 rings (SSSR count). The van der Waals surface area contributed by atoms with Gasteiger partial charge in [0, 0.05) is 5.56 Å². The Labute approximate surface area is 200 Å². The summed E-state index contributed by atoms with van der Waals surface area (Å²) in [6.07, 6.45) is -3.17. The van der Waals surface area contributed by atoms with Gasteiger partial charge in [0.25, 0.3) is 5.91 Å². The van der Waals surface area contributed by atoms with Crippen LogP contribution in [0.15, 0.2) is 70.2 Å². The Balaban J connectivity index is 1.60. The Bertz CT molecular complexity index is 1170. The average Bonchev–Trinajstić information content (AvgIpc) is 2.75. The third-order valence-electron chi connectivity index (χ3n) is 4.17. The maximum atomic E-state index is 12.8. The molecule has 10 heteroatoms. The summed E-state index contributed by atoms with van der Waals surface area (Å²) in [5.74, 6) is -0.186. The first-order valence-electron chi connectivity index (χ1n) is 9.00. The molecule has 32 heavy (non-hydrogen) atoms. The number of hydrogen-bond donors (Lipinski definition) is 1. The molecule has 0 aliphatic carbocycles. The van der Waals surface area contributed by atoms with Gasteiger partial charge in [-0.15, -0.1) is 0 Å². The summed E-state index contributed by atoms with van der Waals surface area (Å²) < 4.78 is 44.7. The fourth-order valence-corrected chi connectivity index (χ4v) is 3.40. The number of hydrogen-bond acceptors (Lipinski definition) is 3. The molecule has 0 fully saturated rings. The minimum absolute atomic E-state index is 0.149. The van der Waals surface area contributed by atoms with Crippen LogP contribution in [0.1, 0.15) is 27.0 Å². The molecule has 0 atom stereocenters. The lowest BCUT2D eigenvalue weighted by atomic mass is 10.1. The van der Waals surface area contributed by atoms with Crippen LogP contribution in [-0.4, -0.2) is 12.1 Å². The molecule has 0 unspecified atom stereocenters. The zero-order valence-electron chi connectivity index (χ0n) is 16.1. The maximum absolute atomic E-state index is 12.8. The van der Waals surface area contributed by atoms with Gasteiger partial charge in [-0.05, 0) is 75.6 Å². The first kappa shape index (κ1) is 24.1. The second kappa shape index (κ2) is 10.4. The van der Waals surface area contributed by atoms with Crippen molar-refractivity contribution in [1.82, 2.24) is 5.43 Å². The highest BCUT2D eigenvalue weighted by Crippen LogP contribution is 2.30. The van der Waals surface area contributed by atoms with E-state index in [1.165, 1.54) is 12.3 Å². The number of amides is 1. The number of carbonyl (C=O) groups is 1. The van der Waals surface area contributed by atoms with Gasteiger partial charge in [-0.1, -0.05) is 35.3 Å². The number of alkyl halides is 3. The van der Waals surface area contributed by atoms with Gasteiger partial charge in [-0.2, -0.15) is 18.3 Å². The van der Waals surface area contributed by atoms with Gasteiger partial charge < -0.3 is 4.74 Å². The van der Waals surface area contributed by atoms with Crippen molar-refractivity contribution in [2.75, 3.05) is 0 Å². The van der Waals surface area contributed by atoms with Gasteiger partial charge in [0.2, 0.25) is 0 Å². The molecule has 0 aliphatic rings. The van der Waals surface area contributed by atoms with Crippen molar-refractivity contribution in [1.29, 1.82) is 0 Å². The third-order valence-corrected chi connectivity index (χ3v) is 5.52. The van der Waals surface area contributed by atoms with Gasteiger partial charge in [0.15, 0.2) is 0 Å². The highest BCUT2D eigenvalue weighted by Gasteiger charge is 2.30. The lowest BCUT2D eigenvalue weighted by molar-refractivity contribution is -0.137. The van der Waals surface area contributed by atoms with Gasteiger partial charge in [-0.25, -0.2) is 5.43 Å². The molecule has 0 radical (unpaired) electrons. The minimum atomic E-state index is -4.53. The van der Waals surface area contributed by atoms with E-state index in [9.17, 15) is 18.0 Å². The van der Waals surface area contributed by atoms with Crippen LogP contribution in [0.2, 0.25) is 10.0 Å². The standard InChI is InChI=1S/C22H14BrCl2F3N2O2/c23-17-8-13(5-7-20(17)32-12-14-4-6-18(24)19(25)9-14)11-29-30-21(31)15-2-1-3-16(10-15)22(26,27)28/h1-11H,12H2,(H,30,31)/b29-11-. The Morgan fingerprint density at radius 3 is 2.53 bits per heavy atom. The number of rotatable bonds is 6. The first-order valence-corrected chi connectivity index (χ1v) is 10.6. The molecule has 3 aromatic rings. The molecule has 0 heterocycles. The van der Waals surface area contributed by atoms with E-state index in [4.69, 9.17) is 27.9 Å². The molecule has 1 N–H and O–H groups in total. The van der Waals surface area contributed by atoms with Crippen LogP contribution in [0.3, 0.4) is 0 Å². The molecule has 3 aromatic carbocycles. The van der Waals surface area contributed by atoms with Crippen LogP contribution in [0, 0.1) is 0 Å². The van der Waals surface area contributed by atoms with Gasteiger partial charge >= 0.3 is 6.18 Å². The Hall–Kier alpha value is -2.55. The topological polar surface area (TPSA) is 50.7 Å². The summed E-state index contributed by atoms with van der Waals surface area (Å²) in [6.45, 7) is 0.274. The molecule has 0 saturated carbocycles. The average molecular weight is 546 g/mol. The summed E-state index contributed by atoms with van der Waals surface area (Å²) in [6, 6.07) is 14.4. The minimum Gasteiger partial charge on any atom is -0.488 e. The van der Waals surface area contributed by atoms with Crippen LogP contribution in [0.25, 0.3) is 0 Å². The van der Waals surface area contributed by atoms with Crippen LogP contribution >= 0.6 is 39.1 Å². The van der Waals surface area contributed by atoms with Crippen molar-refractivity contribution in [3.63, 3.8) is 0 Å². The Kier molecular flexibility index (Phi) is 7.82. The number of hydrazone groups is 1. The summed E-state index contributed by atoms with van der Waals surface area (Å²) in [7, 11) is 0. The summed E-state index contributed by atoms with van der Waals surface area (Å²) in [5.41, 5.74) is 2.62. The van der Waals surface area contributed by atoms with Crippen molar-refractivity contribution in [3.8, 4) is 5.75 Å². The molecular formula is C22H14BrCl2F3N2O2. The molecule has 0 saturated heterocycles. The second-order valence-corrected chi connectivity index (χ2v) is 8.17.